The smallest absolute Gasteiger partial charge is 0.0628 e. The zero-order valence-electron chi connectivity index (χ0n) is 14.2. The van der Waals surface area contributed by atoms with Gasteiger partial charge in [0.25, 0.3) is 0 Å². The molecule has 0 aromatic heterocycles. The second-order valence-corrected chi connectivity index (χ2v) is 8.34. The van der Waals surface area contributed by atoms with Crippen LogP contribution < -0.4 is 5.32 Å². The van der Waals surface area contributed by atoms with Crippen LogP contribution in [-0.4, -0.2) is 25.3 Å². The largest absolute Gasteiger partial charge is 0.377 e. The molecule has 1 rings (SSSR count). The fourth-order valence-electron chi connectivity index (χ4n) is 3.48. The molecule has 0 aliphatic heterocycles. The first-order valence-electron chi connectivity index (χ1n) is 7.99. The van der Waals surface area contributed by atoms with Crippen molar-refractivity contribution in [3.05, 3.63) is 0 Å². The molecule has 0 aromatic carbocycles. The van der Waals surface area contributed by atoms with E-state index in [1.165, 1.54) is 19.3 Å². The molecular formula is C17H35NO. The number of nitrogens with one attached hydrogen (secondary N) is 1. The molecule has 0 amide bonds. The third-order valence-corrected chi connectivity index (χ3v) is 4.34. The van der Waals surface area contributed by atoms with E-state index < -0.39 is 0 Å². The van der Waals surface area contributed by atoms with Gasteiger partial charge >= 0.3 is 0 Å². The van der Waals surface area contributed by atoms with Crippen LogP contribution in [0.5, 0.6) is 0 Å². The molecule has 114 valence electrons. The number of hydrogen-bond acceptors (Lipinski definition) is 2. The van der Waals surface area contributed by atoms with E-state index in [0.717, 1.165) is 19.1 Å². The van der Waals surface area contributed by atoms with Crippen molar-refractivity contribution in [3.63, 3.8) is 0 Å². The van der Waals surface area contributed by atoms with Crippen molar-refractivity contribution in [1.29, 1.82) is 0 Å². The van der Waals surface area contributed by atoms with Crippen molar-refractivity contribution >= 4 is 0 Å². The van der Waals surface area contributed by atoms with E-state index in [4.69, 9.17) is 4.74 Å². The van der Waals surface area contributed by atoms with Crippen LogP contribution in [0.15, 0.2) is 0 Å². The maximum atomic E-state index is 6.27. The van der Waals surface area contributed by atoms with Gasteiger partial charge in [-0.2, -0.15) is 0 Å². The average molecular weight is 269 g/mol. The summed E-state index contributed by atoms with van der Waals surface area (Å²) in [4.78, 5) is 0. The number of rotatable bonds is 5. The van der Waals surface area contributed by atoms with E-state index in [1.807, 2.05) is 0 Å². The van der Waals surface area contributed by atoms with E-state index in [2.05, 4.69) is 53.8 Å². The van der Waals surface area contributed by atoms with Gasteiger partial charge in [0.05, 0.1) is 12.7 Å². The maximum Gasteiger partial charge on any atom is 0.0628 e. The number of ether oxygens (including phenoxy) is 1. The summed E-state index contributed by atoms with van der Waals surface area (Å²) in [6.45, 7) is 18.0. The van der Waals surface area contributed by atoms with Gasteiger partial charge in [-0.15, -0.1) is 0 Å². The molecule has 1 aliphatic rings. The predicted molar refractivity (Wildman–Crippen MR) is 83.5 cm³/mol. The number of likely N-dealkylation sites (N-methyl/N-ethyl adjacent to an activating group) is 1. The van der Waals surface area contributed by atoms with Crippen LogP contribution in [0.4, 0.5) is 0 Å². The first-order valence-corrected chi connectivity index (χ1v) is 7.99. The van der Waals surface area contributed by atoms with E-state index in [9.17, 15) is 0 Å². The maximum absolute atomic E-state index is 6.27. The molecule has 0 heterocycles. The van der Waals surface area contributed by atoms with Gasteiger partial charge < -0.3 is 10.1 Å². The van der Waals surface area contributed by atoms with Gasteiger partial charge in [0.1, 0.15) is 0 Å². The van der Waals surface area contributed by atoms with Gasteiger partial charge in [0, 0.05) is 6.04 Å². The Morgan fingerprint density at radius 2 is 1.89 bits per heavy atom. The zero-order valence-corrected chi connectivity index (χ0v) is 14.2. The molecule has 1 aliphatic carbocycles. The van der Waals surface area contributed by atoms with Crippen LogP contribution in [-0.2, 0) is 4.74 Å². The topological polar surface area (TPSA) is 21.3 Å². The van der Waals surface area contributed by atoms with Gasteiger partial charge in [-0.05, 0) is 42.6 Å². The zero-order chi connectivity index (χ0) is 14.7. The standard InChI is InChI=1S/C17H35NO/c1-8-18-15(16(3,4)5)12-19-14-9-13(2)10-17(6,7)11-14/h13-15,18H,8-12H2,1-7H3. The van der Waals surface area contributed by atoms with Crippen molar-refractivity contribution in [2.24, 2.45) is 16.7 Å². The summed E-state index contributed by atoms with van der Waals surface area (Å²) >= 11 is 0. The third kappa shape index (κ3) is 5.83. The minimum atomic E-state index is 0.256. The van der Waals surface area contributed by atoms with Crippen LogP contribution in [0.3, 0.4) is 0 Å². The van der Waals surface area contributed by atoms with Crippen molar-refractivity contribution < 1.29 is 4.74 Å². The van der Waals surface area contributed by atoms with Crippen molar-refractivity contribution in [2.75, 3.05) is 13.2 Å². The lowest BCUT2D eigenvalue weighted by Crippen LogP contribution is -2.45. The summed E-state index contributed by atoms with van der Waals surface area (Å²) in [5, 5.41) is 3.57. The third-order valence-electron chi connectivity index (χ3n) is 4.34. The fourth-order valence-corrected chi connectivity index (χ4v) is 3.48. The predicted octanol–water partition coefficient (Wildman–Crippen LogP) is 4.24. The normalized spacial score (nSPS) is 29.2. The monoisotopic (exact) mass is 269 g/mol. The molecule has 2 heteroatoms. The molecule has 1 fully saturated rings. The molecule has 0 aromatic rings. The van der Waals surface area contributed by atoms with E-state index in [0.29, 0.717) is 17.6 Å². The molecule has 3 atom stereocenters. The Bertz CT molecular complexity index is 267. The first kappa shape index (κ1) is 17.0. The van der Waals surface area contributed by atoms with Crippen LogP contribution in [0.2, 0.25) is 0 Å². The summed E-state index contributed by atoms with van der Waals surface area (Å²) < 4.78 is 6.27. The highest BCUT2D eigenvalue weighted by atomic mass is 16.5. The Morgan fingerprint density at radius 3 is 2.37 bits per heavy atom. The lowest BCUT2D eigenvalue weighted by atomic mass is 9.71. The summed E-state index contributed by atoms with van der Waals surface area (Å²) in [7, 11) is 0. The molecule has 2 nitrogen and oxygen atoms in total. The molecular weight excluding hydrogens is 234 g/mol. The molecule has 0 saturated heterocycles. The molecule has 3 unspecified atom stereocenters. The van der Waals surface area contributed by atoms with Crippen LogP contribution in [0, 0.1) is 16.7 Å². The average Bonchev–Trinajstić information content (AvgIpc) is 2.19. The van der Waals surface area contributed by atoms with Gasteiger partial charge in [-0.3, -0.25) is 0 Å². The summed E-state index contributed by atoms with van der Waals surface area (Å²) in [6.07, 6.45) is 4.22. The highest BCUT2D eigenvalue weighted by molar-refractivity contribution is 4.85. The molecule has 0 spiro atoms. The quantitative estimate of drug-likeness (QED) is 0.806. The fraction of sp³-hybridized carbons (Fsp3) is 1.00. The van der Waals surface area contributed by atoms with Crippen LogP contribution >= 0.6 is 0 Å². The van der Waals surface area contributed by atoms with Crippen molar-refractivity contribution in [1.82, 2.24) is 5.32 Å². The minimum absolute atomic E-state index is 0.256. The van der Waals surface area contributed by atoms with Gasteiger partial charge in [-0.1, -0.05) is 48.5 Å². The molecule has 1 saturated carbocycles. The van der Waals surface area contributed by atoms with Gasteiger partial charge in [-0.25, -0.2) is 0 Å². The van der Waals surface area contributed by atoms with E-state index >= 15 is 0 Å². The Labute approximate surface area is 120 Å². The number of hydrogen-bond donors (Lipinski definition) is 1. The Morgan fingerprint density at radius 1 is 1.26 bits per heavy atom. The summed E-state index contributed by atoms with van der Waals surface area (Å²) in [5.74, 6) is 0.793. The Balaban J connectivity index is 2.50. The summed E-state index contributed by atoms with van der Waals surface area (Å²) in [6, 6.07) is 0.442. The van der Waals surface area contributed by atoms with Gasteiger partial charge in [0.15, 0.2) is 0 Å². The minimum Gasteiger partial charge on any atom is -0.377 e. The molecule has 0 radical (unpaired) electrons. The van der Waals surface area contributed by atoms with E-state index in [1.54, 1.807) is 0 Å². The first-order chi connectivity index (χ1) is 8.64. The lowest BCUT2D eigenvalue weighted by Gasteiger charge is -2.40. The highest BCUT2D eigenvalue weighted by Crippen LogP contribution is 2.39. The van der Waals surface area contributed by atoms with Crippen molar-refractivity contribution in [3.8, 4) is 0 Å². The molecule has 0 bridgehead atoms. The molecule has 19 heavy (non-hydrogen) atoms. The van der Waals surface area contributed by atoms with Gasteiger partial charge in [0.2, 0.25) is 0 Å². The van der Waals surface area contributed by atoms with Crippen LogP contribution in [0.1, 0.15) is 67.7 Å². The Hall–Kier alpha value is -0.0800. The van der Waals surface area contributed by atoms with E-state index in [-0.39, 0.29) is 5.41 Å². The second kappa shape index (κ2) is 6.58. The van der Waals surface area contributed by atoms with Crippen LogP contribution in [0.25, 0.3) is 0 Å². The summed E-state index contributed by atoms with van der Waals surface area (Å²) in [5.41, 5.74) is 0.698. The lowest BCUT2D eigenvalue weighted by molar-refractivity contribution is -0.0408. The highest BCUT2D eigenvalue weighted by Gasteiger charge is 2.33. The SMILES string of the molecule is CCNC(COC1CC(C)CC(C)(C)C1)C(C)(C)C. The second-order valence-electron chi connectivity index (χ2n) is 8.34. The molecule has 1 N–H and O–H groups in total. The van der Waals surface area contributed by atoms with Crippen molar-refractivity contribution in [2.45, 2.75) is 79.9 Å². The Kier molecular flexibility index (Phi) is 5.88.